The van der Waals surface area contributed by atoms with Gasteiger partial charge in [0.05, 0.1) is 30.2 Å². The normalized spacial score (nSPS) is 21.8. The first-order chi connectivity index (χ1) is 11.3. The number of nitrogens with zero attached hydrogens (tertiary/aromatic N) is 4. The Bertz CT molecular complexity index is 676. The van der Waals surface area contributed by atoms with Crippen LogP contribution < -0.4 is 4.90 Å². The minimum atomic E-state index is -0.00167. The van der Waals surface area contributed by atoms with E-state index in [0.717, 1.165) is 55.4 Å². The molecular weight excluding hydrogens is 296 g/mol. The average Bonchev–Trinajstić information content (AvgIpc) is 3.27. The molecule has 0 unspecified atom stereocenters. The van der Waals surface area contributed by atoms with Crippen LogP contribution >= 0.6 is 0 Å². The fraction of sp³-hybridized carbons (Fsp3) is 0.562. The van der Waals surface area contributed by atoms with Crippen molar-refractivity contribution in [2.45, 2.75) is 25.9 Å². The second-order valence-corrected chi connectivity index (χ2v) is 5.90. The van der Waals surface area contributed by atoms with Gasteiger partial charge in [-0.15, -0.1) is 0 Å². The molecule has 0 bridgehead atoms. The molecule has 7 heteroatoms. The maximum Gasteiger partial charge on any atom is 0.225 e. The molecule has 0 radical (unpaired) electrons. The van der Waals surface area contributed by atoms with E-state index < -0.39 is 0 Å². The smallest absolute Gasteiger partial charge is 0.225 e. The number of hydrogen-bond acceptors (Lipinski definition) is 7. The Morgan fingerprint density at radius 1 is 1.22 bits per heavy atom. The maximum atomic E-state index is 5.85. The van der Waals surface area contributed by atoms with Gasteiger partial charge in [0.25, 0.3) is 0 Å². The zero-order valence-electron chi connectivity index (χ0n) is 13.2. The van der Waals surface area contributed by atoms with E-state index in [1.54, 1.807) is 0 Å². The molecule has 0 aliphatic carbocycles. The van der Waals surface area contributed by atoms with Crippen molar-refractivity contribution in [3.8, 4) is 11.3 Å². The quantitative estimate of drug-likeness (QED) is 0.858. The van der Waals surface area contributed by atoms with E-state index in [1.165, 1.54) is 0 Å². The van der Waals surface area contributed by atoms with Crippen molar-refractivity contribution >= 4 is 5.95 Å². The summed E-state index contributed by atoms with van der Waals surface area (Å²) in [5.41, 5.74) is 2.61. The molecule has 0 N–H and O–H groups in total. The van der Waals surface area contributed by atoms with Gasteiger partial charge in [-0.25, -0.2) is 9.97 Å². The molecule has 2 saturated heterocycles. The molecule has 0 spiro atoms. The van der Waals surface area contributed by atoms with Crippen molar-refractivity contribution in [2.75, 3.05) is 37.8 Å². The summed E-state index contributed by atoms with van der Waals surface area (Å²) in [5, 5.41) is 3.97. The minimum Gasteiger partial charge on any atom is -0.378 e. The highest BCUT2D eigenvalue weighted by atomic mass is 16.5. The Morgan fingerprint density at radius 3 is 2.78 bits per heavy atom. The van der Waals surface area contributed by atoms with Crippen LogP contribution in [0.5, 0.6) is 0 Å². The molecule has 2 fully saturated rings. The summed E-state index contributed by atoms with van der Waals surface area (Å²) in [6.45, 7) is 5.72. The third-order valence-electron chi connectivity index (χ3n) is 4.23. The fourth-order valence-corrected chi connectivity index (χ4v) is 3.02. The third kappa shape index (κ3) is 2.94. The monoisotopic (exact) mass is 316 g/mol. The van der Waals surface area contributed by atoms with Gasteiger partial charge in [-0.2, -0.15) is 0 Å². The van der Waals surface area contributed by atoms with Crippen molar-refractivity contribution in [3.05, 3.63) is 23.7 Å². The number of anilines is 1. The van der Waals surface area contributed by atoms with Crippen LogP contribution in [0.15, 0.2) is 16.8 Å². The van der Waals surface area contributed by atoms with Crippen LogP contribution in [0.4, 0.5) is 5.95 Å². The number of morpholine rings is 1. The highest BCUT2D eigenvalue weighted by molar-refractivity contribution is 5.61. The molecule has 7 nitrogen and oxygen atoms in total. The summed E-state index contributed by atoms with van der Waals surface area (Å²) < 4.78 is 16.7. The average molecular weight is 316 g/mol. The lowest BCUT2D eigenvalue weighted by Crippen LogP contribution is -2.37. The predicted molar refractivity (Wildman–Crippen MR) is 83.2 cm³/mol. The van der Waals surface area contributed by atoms with Crippen LogP contribution in [0.1, 0.15) is 30.3 Å². The van der Waals surface area contributed by atoms with E-state index >= 15 is 0 Å². The summed E-state index contributed by atoms with van der Waals surface area (Å²) >= 11 is 0. The van der Waals surface area contributed by atoms with Crippen LogP contribution in [-0.4, -0.2) is 48.0 Å². The molecule has 0 amide bonds. The Balaban J connectivity index is 1.73. The molecule has 122 valence electrons. The van der Waals surface area contributed by atoms with Crippen molar-refractivity contribution in [1.82, 2.24) is 15.1 Å². The Hall–Kier alpha value is -1.99. The van der Waals surface area contributed by atoms with Gasteiger partial charge in [-0.05, 0) is 19.8 Å². The zero-order valence-corrected chi connectivity index (χ0v) is 13.2. The lowest BCUT2D eigenvalue weighted by Gasteiger charge is -2.27. The number of hydrogen-bond donors (Lipinski definition) is 0. The second kappa shape index (κ2) is 6.25. The van der Waals surface area contributed by atoms with Gasteiger partial charge in [-0.1, -0.05) is 5.16 Å². The van der Waals surface area contributed by atoms with Crippen LogP contribution in [-0.2, 0) is 9.47 Å². The SMILES string of the molecule is Cc1cc(-c2cnc(N3CCOCC3)nc2[C@H]2CCCO2)on1. The summed E-state index contributed by atoms with van der Waals surface area (Å²) in [5.74, 6) is 1.43. The van der Waals surface area contributed by atoms with Gasteiger partial charge in [0.1, 0.15) is 6.10 Å². The van der Waals surface area contributed by atoms with E-state index in [-0.39, 0.29) is 6.10 Å². The van der Waals surface area contributed by atoms with Crippen LogP contribution in [0.2, 0.25) is 0 Å². The molecule has 4 rings (SSSR count). The lowest BCUT2D eigenvalue weighted by atomic mass is 10.1. The van der Waals surface area contributed by atoms with Crippen molar-refractivity contribution in [3.63, 3.8) is 0 Å². The molecule has 2 aromatic heterocycles. The Labute approximate surface area is 134 Å². The van der Waals surface area contributed by atoms with E-state index in [0.29, 0.717) is 19.0 Å². The first kappa shape index (κ1) is 14.6. The van der Waals surface area contributed by atoms with Gasteiger partial charge in [0.2, 0.25) is 5.95 Å². The summed E-state index contributed by atoms with van der Waals surface area (Å²) in [6, 6.07) is 1.91. The fourth-order valence-electron chi connectivity index (χ4n) is 3.02. The predicted octanol–water partition coefficient (Wildman–Crippen LogP) is 2.13. The highest BCUT2D eigenvalue weighted by Crippen LogP contribution is 2.35. The van der Waals surface area contributed by atoms with E-state index in [9.17, 15) is 0 Å². The number of aromatic nitrogens is 3. The van der Waals surface area contributed by atoms with E-state index in [2.05, 4.69) is 15.0 Å². The summed E-state index contributed by atoms with van der Waals surface area (Å²) in [6.07, 6.45) is 3.85. The van der Waals surface area contributed by atoms with Crippen LogP contribution in [0.25, 0.3) is 11.3 Å². The van der Waals surface area contributed by atoms with Crippen LogP contribution in [0, 0.1) is 6.92 Å². The number of ether oxygens (including phenoxy) is 2. The number of rotatable bonds is 3. The molecule has 4 heterocycles. The molecule has 0 saturated carbocycles. The Kier molecular flexibility index (Phi) is 3.97. The molecule has 23 heavy (non-hydrogen) atoms. The summed E-state index contributed by atoms with van der Waals surface area (Å²) in [7, 11) is 0. The molecular formula is C16H20N4O3. The van der Waals surface area contributed by atoms with Crippen molar-refractivity contribution < 1.29 is 14.0 Å². The minimum absolute atomic E-state index is 0.00167. The Morgan fingerprint density at radius 2 is 2.09 bits per heavy atom. The first-order valence-corrected chi connectivity index (χ1v) is 8.06. The summed E-state index contributed by atoms with van der Waals surface area (Å²) in [4.78, 5) is 11.5. The van der Waals surface area contributed by atoms with Gasteiger partial charge in [-0.3, -0.25) is 0 Å². The second-order valence-electron chi connectivity index (χ2n) is 5.90. The van der Waals surface area contributed by atoms with Gasteiger partial charge < -0.3 is 18.9 Å². The highest BCUT2D eigenvalue weighted by Gasteiger charge is 2.26. The standard InChI is InChI=1S/C16H20N4O3/c1-11-9-14(23-19-11)12-10-17-16(20-4-7-21-8-5-20)18-15(12)13-3-2-6-22-13/h9-10,13H,2-8H2,1H3/t13-/m1/s1. The van der Waals surface area contributed by atoms with E-state index in [1.807, 2.05) is 19.2 Å². The van der Waals surface area contributed by atoms with Crippen molar-refractivity contribution in [2.24, 2.45) is 0 Å². The molecule has 2 aliphatic heterocycles. The number of aryl methyl sites for hydroxylation is 1. The lowest BCUT2D eigenvalue weighted by molar-refractivity contribution is 0.108. The molecule has 2 aliphatic rings. The topological polar surface area (TPSA) is 73.5 Å². The third-order valence-corrected chi connectivity index (χ3v) is 4.23. The van der Waals surface area contributed by atoms with Gasteiger partial charge >= 0.3 is 0 Å². The molecule has 0 aromatic carbocycles. The molecule has 2 aromatic rings. The zero-order chi connectivity index (χ0) is 15.6. The largest absolute Gasteiger partial charge is 0.378 e. The van der Waals surface area contributed by atoms with Gasteiger partial charge in [0.15, 0.2) is 5.76 Å². The van der Waals surface area contributed by atoms with Gasteiger partial charge in [0, 0.05) is 32.0 Å². The van der Waals surface area contributed by atoms with Crippen LogP contribution in [0.3, 0.4) is 0 Å². The first-order valence-electron chi connectivity index (χ1n) is 8.06. The van der Waals surface area contributed by atoms with E-state index in [4.69, 9.17) is 19.0 Å². The van der Waals surface area contributed by atoms with Crippen molar-refractivity contribution in [1.29, 1.82) is 0 Å². The maximum absolute atomic E-state index is 5.85. The molecule has 1 atom stereocenters.